The highest BCUT2D eigenvalue weighted by Crippen LogP contribution is 2.34. The lowest BCUT2D eigenvalue weighted by Crippen LogP contribution is -2.28. The summed E-state index contributed by atoms with van der Waals surface area (Å²) >= 11 is 1.53. The molecular weight excluding hydrogens is 418 g/mol. The van der Waals surface area contributed by atoms with Gasteiger partial charge in [-0.2, -0.15) is 10.4 Å². The van der Waals surface area contributed by atoms with Gasteiger partial charge in [-0.15, -0.1) is 11.8 Å². The Kier molecular flexibility index (Phi) is 6.88. The van der Waals surface area contributed by atoms with Crippen molar-refractivity contribution in [3.05, 3.63) is 101 Å². The van der Waals surface area contributed by atoms with Crippen LogP contribution in [-0.4, -0.2) is 29.5 Å². The molecule has 0 fully saturated rings. The number of hydrogen-bond donors (Lipinski definition) is 0. The molecule has 0 aliphatic carbocycles. The smallest absolute Gasteiger partial charge is 0.253 e. The fraction of sp³-hybridized carbons (Fsp3) is 0.192. The number of carbonyl (C=O) groups excluding carboxylic acids is 1. The van der Waals surface area contributed by atoms with E-state index < -0.39 is 0 Å². The van der Waals surface area contributed by atoms with Crippen molar-refractivity contribution in [3.8, 4) is 11.8 Å². The largest absolute Gasteiger partial charge is 0.497 e. The predicted octanol–water partition coefficient (Wildman–Crippen LogP) is 5.18. The molecule has 0 spiro atoms. The molecule has 0 aromatic heterocycles. The number of methoxy groups -OCH3 is 1. The number of nitriles is 1. The molecule has 3 aromatic carbocycles. The first-order chi connectivity index (χ1) is 15.7. The molecule has 0 bridgehead atoms. The number of rotatable bonds is 7. The Morgan fingerprint density at radius 1 is 1.12 bits per heavy atom. The maximum Gasteiger partial charge on any atom is 0.253 e. The molecule has 1 heterocycles. The molecule has 0 radical (unpaired) electrons. The van der Waals surface area contributed by atoms with Crippen LogP contribution in [0.2, 0.25) is 0 Å². The summed E-state index contributed by atoms with van der Waals surface area (Å²) in [5.41, 5.74) is 4.63. The second-order valence-electron chi connectivity index (χ2n) is 7.45. The standard InChI is InChI=1S/C26H23N3O2S/c1-31-23-12-10-22(11-13-23)25-15-24(21-8-3-2-4-9-21)28-29(25)26(30)18-32-17-20-7-5-6-19(14-20)16-27/h2-14,25H,15,17-18H2,1H3. The number of hydrazone groups is 1. The van der Waals surface area contributed by atoms with E-state index in [1.807, 2.05) is 72.8 Å². The fourth-order valence-electron chi connectivity index (χ4n) is 3.68. The van der Waals surface area contributed by atoms with Gasteiger partial charge in [-0.25, -0.2) is 5.01 Å². The van der Waals surface area contributed by atoms with E-state index in [0.717, 1.165) is 28.2 Å². The van der Waals surface area contributed by atoms with Crippen molar-refractivity contribution in [2.24, 2.45) is 5.10 Å². The number of carbonyl (C=O) groups is 1. The summed E-state index contributed by atoms with van der Waals surface area (Å²) in [5, 5.41) is 15.4. The number of amides is 1. The Morgan fingerprint density at radius 3 is 2.62 bits per heavy atom. The first-order valence-corrected chi connectivity index (χ1v) is 11.5. The second-order valence-corrected chi connectivity index (χ2v) is 8.43. The molecule has 1 amide bonds. The van der Waals surface area contributed by atoms with Crippen LogP contribution in [0.5, 0.6) is 5.75 Å². The van der Waals surface area contributed by atoms with Crippen LogP contribution < -0.4 is 4.74 Å². The lowest BCUT2D eigenvalue weighted by atomic mass is 9.98. The first kappa shape index (κ1) is 21.7. The highest BCUT2D eigenvalue weighted by Gasteiger charge is 2.32. The molecule has 0 N–H and O–H groups in total. The van der Waals surface area contributed by atoms with Crippen LogP contribution in [-0.2, 0) is 10.5 Å². The van der Waals surface area contributed by atoms with Crippen molar-refractivity contribution >= 4 is 23.4 Å². The minimum atomic E-state index is -0.147. The van der Waals surface area contributed by atoms with E-state index in [2.05, 4.69) is 6.07 Å². The van der Waals surface area contributed by atoms with E-state index in [-0.39, 0.29) is 11.9 Å². The maximum absolute atomic E-state index is 13.2. The van der Waals surface area contributed by atoms with Crippen molar-refractivity contribution in [3.63, 3.8) is 0 Å². The average molecular weight is 442 g/mol. The summed E-state index contributed by atoms with van der Waals surface area (Å²) in [4.78, 5) is 13.2. The van der Waals surface area contributed by atoms with Gasteiger partial charge in [0, 0.05) is 12.2 Å². The van der Waals surface area contributed by atoms with Gasteiger partial charge in [0.25, 0.3) is 5.91 Å². The summed E-state index contributed by atoms with van der Waals surface area (Å²) < 4.78 is 5.28. The average Bonchev–Trinajstić information content (AvgIpc) is 3.30. The Morgan fingerprint density at radius 2 is 1.91 bits per heavy atom. The highest BCUT2D eigenvalue weighted by molar-refractivity contribution is 7.99. The van der Waals surface area contributed by atoms with Crippen molar-refractivity contribution in [2.75, 3.05) is 12.9 Å². The van der Waals surface area contributed by atoms with E-state index >= 15 is 0 Å². The number of thioether (sulfide) groups is 1. The lowest BCUT2D eigenvalue weighted by molar-refractivity contribution is -0.130. The van der Waals surface area contributed by atoms with Crippen molar-refractivity contribution in [2.45, 2.75) is 18.2 Å². The molecule has 5 nitrogen and oxygen atoms in total. The molecule has 1 atom stereocenters. The van der Waals surface area contributed by atoms with Gasteiger partial charge in [0.15, 0.2) is 0 Å². The molecule has 4 rings (SSSR count). The fourth-order valence-corrected chi connectivity index (χ4v) is 4.51. The summed E-state index contributed by atoms with van der Waals surface area (Å²) in [6.07, 6.45) is 0.664. The zero-order chi connectivity index (χ0) is 22.3. The van der Waals surface area contributed by atoms with E-state index in [1.54, 1.807) is 18.2 Å². The Balaban J connectivity index is 1.50. The summed E-state index contributed by atoms with van der Waals surface area (Å²) in [6.45, 7) is 0. The summed E-state index contributed by atoms with van der Waals surface area (Å²) in [7, 11) is 1.64. The normalized spacial score (nSPS) is 15.2. The van der Waals surface area contributed by atoms with Crippen LogP contribution in [0.25, 0.3) is 0 Å². The van der Waals surface area contributed by atoms with Gasteiger partial charge in [-0.3, -0.25) is 4.79 Å². The van der Waals surface area contributed by atoms with Gasteiger partial charge in [0.05, 0.1) is 36.2 Å². The molecule has 160 valence electrons. The van der Waals surface area contributed by atoms with Gasteiger partial charge >= 0.3 is 0 Å². The minimum Gasteiger partial charge on any atom is -0.497 e. The van der Waals surface area contributed by atoms with E-state index in [0.29, 0.717) is 23.5 Å². The first-order valence-electron chi connectivity index (χ1n) is 10.3. The molecule has 6 heteroatoms. The molecule has 0 saturated heterocycles. The van der Waals surface area contributed by atoms with Crippen LogP contribution in [0.3, 0.4) is 0 Å². The zero-order valence-corrected chi connectivity index (χ0v) is 18.6. The van der Waals surface area contributed by atoms with Crippen LogP contribution in [0, 0.1) is 11.3 Å². The minimum absolute atomic E-state index is 0.0295. The topological polar surface area (TPSA) is 65.7 Å². The van der Waals surface area contributed by atoms with Crippen molar-refractivity contribution in [1.82, 2.24) is 5.01 Å². The van der Waals surface area contributed by atoms with Crippen LogP contribution >= 0.6 is 11.8 Å². The second kappa shape index (κ2) is 10.2. The van der Waals surface area contributed by atoms with Gasteiger partial charge in [-0.05, 0) is 41.0 Å². The third-order valence-electron chi connectivity index (χ3n) is 5.32. The van der Waals surface area contributed by atoms with E-state index in [4.69, 9.17) is 15.1 Å². The van der Waals surface area contributed by atoms with E-state index in [1.165, 1.54) is 11.8 Å². The zero-order valence-electron chi connectivity index (χ0n) is 17.8. The van der Waals surface area contributed by atoms with Gasteiger partial charge in [-0.1, -0.05) is 54.6 Å². The van der Waals surface area contributed by atoms with Crippen LogP contribution in [0.4, 0.5) is 0 Å². The molecule has 0 saturated carbocycles. The maximum atomic E-state index is 13.2. The number of nitrogens with zero attached hydrogens (tertiary/aromatic N) is 3. The third kappa shape index (κ3) is 5.01. The SMILES string of the molecule is COc1ccc(C2CC(c3ccccc3)=NN2C(=O)CSCc2cccc(C#N)c2)cc1. The molecular formula is C26H23N3O2S. The van der Waals surface area contributed by atoms with Gasteiger partial charge < -0.3 is 4.74 Å². The molecule has 1 unspecified atom stereocenters. The number of ether oxygens (including phenoxy) is 1. The molecule has 1 aliphatic heterocycles. The quantitative estimate of drug-likeness (QED) is 0.507. The summed E-state index contributed by atoms with van der Waals surface area (Å²) in [6, 6.07) is 27.3. The predicted molar refractivity (Wildman–Crippen MR) is 127 cm³/mol. The Labute approximate surface area is 192 Å². The molecule has 32 heavy (non-hydrogen) atoms. The lowest BCUT2D eigenvalue weighted by Gasteiger charge is -2.22. The highest BCUT2D eigenvalue weighted by atomic mass is 32.2. The van der Waals surface area contributed by atoms with Gasteiger partial charge in [0.1, 0.15) is 5.75 Å². The Hall–Kier alpha value is -3.56. The van der Waals surface area contributed by atoms with Crippen molar-refractivity contribution in [1.29, 1.82) is 5.26 Å². The molecule has 3 aromatic rings. The van der Waals surface area contributed by atoms with Crippen LogP contribution in [0.1, 0.15) is 34.7 Å². The summed E-state index contributed by atoms with van der Waals surface area (Å²) in [5.74, 6) is 1.73. The Bertz CT molecular complexity index is 1150. The number of hydrogen-bond acceptors (Lipinski definition) is 5. The van der Waals surface area contributed by atoms with E-state index in [9.17, 15) is 4.79 Å². The van der Waals surface area contributed by atoms with Gasteiger partial charge in [0.2, 0.25) is 0 Å². The van der Waals surface area contributed by atoms with Crippen LogP contribution in [0.15, 0.2) is 84.0 Å². The van der Waals surface area contributed by atoms with Crippen molar-refractivity contribution < 1.29 is 9.53 Å². The number of benzene rings is 3. The monoisotopic (exact) mass is 441 g/mol. The molecule has 1 aliphatic rings. The third-order valence-corrected chi connectivity index (χ3v) is 6.31.